The summed E-state index contributed by atoms with van der Waals surface area (Å²) >= 11 is 0. The molecule has 3 heterocycles. The number of nitrogens with two attached hydrogens (primary N) is 1. The summed E-state index contributed by atoms with van der Waals surface area (Å²) < 4.78 is 5.62. The van der Waals surface area contributed by atoms with Gasteiger partial charge in [0, 0.05) is 12.4 Å². The van der Waals surface area contributed by atoms with Gasteiger partial charge in [-0.15, -0.1) is 0 Å². The molecule has 0 atom stereocenters. The highest BCUT2D eigenvalue weighted by molar-refractivity contribution is 5.72. The molecule has 0 aliphatic rings. The average molecular weight is 294 g/mol. The van der Waals surface area contributed by atoms with Crippen LogP contribution in [-0.2, 0) is 0 Å². The highest BCUT2D eigenvalue weighted by atomic mass is 16.5. The summed E-state index contributed by atoms with van der Waals surface area (Å²) in [5.74, 6) is 1.93. The molecule has 0 unspecified atom stereocenters. The molecule has 0 amide bonds. The van der Waals surface area contributed by atoms with Crippen LogP contribution in [-0.4, -0.2) is 19.9 Å². The quantitative estimate of drug-likeness (QED) is 0.763. The Bertz CT molecular complexity index is 778. The number of pyridine rings is 2. The normalized spacial score (nSPS) is 10.2. The van der Waals surface area contributed by atoms with Crippen molar-refractivity contribution in [1.82, 2.24) is 19.9 Å². The van der Waals surface area contributed by atoms with Gasteiger partial charge in [0.05, 0.1) is 6.20 Å². The molecule has 0 aliphatic carbocycles. The van der Waals surface area contributed by atoms with Crippen molar-refractivity contribution >= 4 is 17.3 Å². The topological polar surface area (TPSA) is 98.8 Å². The van der Waals surface area contributed by atoms with Gasteiger partial charge in [-0.25, -0.2) is 9.97 Å². The minimum absolute atomic E-state index is 0.263. The van der Waals surface area contributed by atoms with Gasteiger partial charge < -0.3 is 15.8 Å². The van der Waals surface area contributed by atoms with E-state index in [0.717, 1.165) is 5.56 Å². The van der Waals surface area contributed by atoms with Crippen molar-refractivity contribution in [3.05, 3.63) is 54.7 Å². The van der Waals surface area contributed by atoms with E-state index in [9.17, 15) is 0 Å². The Kier molecular flexibility index (Phi) is 3.78. The van der Waals surface area contributed by atoms with Crippen molar-refractivity contribution in [3.8, 4) is 11.6 Å². The van der Waals surface area contributed by atoms with Gasteiger partial charge in [0.2, 0.25) is 5.88 Å². The fraction of sp³-hybridized carbons (Fsp3) is 0.0667. The molecule has 0 aromatic carbocycles. The SMILES string of the molecule is Cc1cccnc1Nc1ncnc(Oc2cccnc2)c1N. The van der Waals surface area contributed by atoms with Crippen LogP contribution in [0.5, 0.6) is 11.6 Å². The second-order valence-electron chi connectivity index (χ2n) is 4.53. The first-order valence-electron chi connectivity index (χ1n) is 6.61. The summed E-state index contributed by atoms with van der Waals surface area (Å²) in [6, 6.07) is 7.34. The molecule has 0 radical (unpaired) electrons. The van der Waals surface area contributed by atoms with Crippen LogP contribution in [0, 0.1) is 6.92 Å². The van der Waals surface area contributed by atoms with Gasteiger partial charge >= 0.3 is 0 Å². The molecule has 0 saturated heterocycles. The maximum Gasteiger partial charge on any atom is 0.248 e. The summed E-state index contributed by atoms with van der Waals surface area (Å²) in [6.07, 6.45) is 6.31. The molecule has 7 nitrogen and oxygen atoms in total. The number of nitrogens with one attached hydrogen (secondary N) is 1. The summed E-state index contributed by atoms with van der Waals surface area (Å²) in [5, 5.41) is 3.08. The molecule has 3 aromatic rings. The minimum atomic E-state index is 0.263. The monoisotopic (exact) mass is 294 g/mol. The van der Waals surface area contributed by atoms with Gasteiger partial charge in [-0.1, -0.05) is 6.07 Å². The lowest BCUT2D eigenvalue weighted by Gasteiger charge is -2.12. The Labute approximate surface area is 127 Å². The molecule has 0 bridgehead atoms. The highest BCUT2D eigenvalue weighted by Crippen LogP contribution is 2.30. The predicted molar refractivity (Wildman–Crippen MR) is 83.0 cm³/mol. The van der Waals surface area contributed by atoms with Crippen molar-refractivity contribution in [2.45, 2.75) is 6.92 Å². The van der Waals surface area contributed by atoms with E-state index in [1.807, 2.05) is 19.1 Å². The molecule has 0 saturated carbocycles. The van der Waals surface area contributed by atoms with E-state index < -0.39 is 0 Å². The maximum atomic E-state index is 6.07. The fourth-order valence-corrected chi connectivity index (χ4v) is 1.81. The van der Waals surface area contributed by atoms with Gasteiger partial charge in [-0.05, 0) is 30.7 Å². The fourth-order valence-electron chi connectivity index (χ4n) is 1.81. The second-order valence-corrected chi connectivity index (χ2v) is 4.53. The van der Waals surface area contributed by atoms with Crippen LogP contribution >= 0.6 is 0 Å². The first-order valence-corrected chi connectivity index (χ1v) is 6.61. The molecule has 0 spiro atoms. The van der Waals surface area contributed by atoms with Crippen LogP contribution in [0.25, 0.3) is 0 Å². The standard InChI is InChI=1S/C15H14N6O/c1-10-4-2-7-18-13(10)21-14-12(16)15(20-9-19-14)22-11-5-3-6-17-8-11/h2-9H,16H2,1H3,(H,18,19,20,21). The lowest BCUT2D eigenvalue weighted by atomic mass is 10.3. The van der Waals surface area contributed by atoms with Crippen molar-refractivity contribution in [2.75, 3.05) is 11.1 Å². The van der Waals surface area contributed by atoms with E-state index in [0.29, 0.717) is 23.1 Å². The minimum Gasteiger partial charge on any atom is -0.435 e. The second kappa shape index (κ2) is 6.04. The zero-order valence-corrected chi connectivity index (χ0v) is 11.9. The van der Waals surface area contributed by atoms with Gasteiger partial charge in [0.1, 0.15) is 23.6 Å². The molecule has 0 aliphatic heterocycles. The molecule has 110 valence electrons. The molecule has 3 rings (SSSR count). The van der Waals surface area contributed by atoms with E-state index in [1.165, 1.54) is 6.33 Å². The Hall–Kier alpha value is -3.22. The largest absolute Gasteiger partial charge is 0.435 e. The number of anilines is 3. The number of rotatable bonds is 4. The van der Waals surface area contributed by atoms with Gasteiger partial charge in [0.15, 0.2) is 5.82 Å². The van der Waals surface area contributed by atoms with Gasteiger partial charge in [-0.3, -0.25) is 4.98 Å². The summed E-state index contributed by atoms with van der Waals surface area (Å²) in [4.78, 5) is 16.4. The number of nitrogens with zero attached hydrogens (tertiary/aromatic N) is 4. The van der Waals surface area contributed by atoms with Crippen molar-refractivity contribution in [2.24, 2.45) is 0 Å². The number of ether oxygens (including phenoxy) is 1. The number of aromatic nitrogens is 4. The zero-order valence-electron chi connectivity index (χ0n) is 11.9. The molecule has 3 N–H and O–H groups in total. The van der Waals surface area contributed by atoms with Crippen LogP contribution in [0.4, 0.5) is 17.3 Å². The lowest BCUT2D eigenvalue weighted by molar-refractivity contribution is 0.462. The van der Waals surface area contributed by atoms with E-state index in [2.05, 4.69) is 25.3 Å². The highest BCUT2D eigenvalue weighted by Gasteiger charge is 2.11. The third kappa shape index (κ3) is 2.93. The van der Waals surface area contributed by atoms with Gasteiger partial charge in [0.25, 0.3) is 0 Å². The van der Waals surface area contributed by atoms with Crippen LogP contribution < -0.4 is 15.8 Å². The Morgan fingerprint density at radius 1 is 1.05 bits per heavy atom. The Morgan fingerprint density at radius 2 is 1.91 bits per heavy atom. The molecule has 22 heavy (non-hydrogen) atoms. The number of nitrogen functional groups attached to an aromatic ring is 1. The molecule has 0 fully saturated rings. The summed E-state index contributed by atoms with van der Waals surface area (Å²) in [7, 11) is 0. The Morgan fingerprint density at radius 3 is 2.68 bits per heavy atom. The summed E-state index contributed by atoms with van der Waals surface area (Å²) in [6.45, 7) is 1.94. The van der Waals surface area contributed by atoms with Crippen molar-refractivity contribution in [1.29, 1.82) is 0 Å². The predicted octanol–water partition coefficient (Wildman–Crippen LogP) is 2.69. The zero-order chi connectivity index (χ0) is 15.4. The first-order chi connectivity index (χ1) is 10.7. The number of hydrogen-bond acceptors (Lipinski definition) is 7. The van der Waals surface area contributed by atoms with Gasteiger partial charge in [-0.2, -0.15) is 4.98 Å². The molecular formula is C15H14N6O. The van der Waals surface area contributed by atoms with Crippen molar-refractivity contribution < 1.29 is 4.74 Å². The molecular weight excluding hydrogens is 280 g/mol. The smallest absolute Gasteiger partial charge is 0.248 e. The number of hydrogen-bond donors (Lipinski definition) is 2. The third-order valence-electron chi connectivity index (χ3n) is 2.94. The third-order valence-corrected chi connectivity index (χ3v) is 2.94. The van der Waals surface area contributed by atoms with Crippen LogP contribution in [0.1, 0.15) is 5.56 Å². The van der Waals surface area contributed by atoms with E-state index >= 15 is 0 Å². The maximum absolute atomic E-state index is 6.07. The summed E-state index contributed by atoms with van der Waals surface area (Å²) in [5.41, 5.74) is 7.35. The molecule has 7 heteroatoms. The van der Waals surface area contributed by atoms with E-state index in [1.54, 1.807) is 30.7 Å². The number of aryl methyl sites for hydroxylation is 1. The van der Waals surface area contributed by atoms with Crippen molar-refractivity contribution in [3.63, 3.8) is 0 Å². The van der Waals surface area contributed by atoms with E-state index in [-0.39, 0.29) is 5.88 Å². The average Bonchev–Trinajstić information content (AvgIpc) is 2.54. The first kappa shape index (κ1) is 13.7. The lowest BCUT2D eigenvalue weighted by Crippen LogP contribution is -2.04. The van der Waals surface area contributed by atoms with Crippen LogP contribution in [0.15, 0.2) is 49.2 Å². The molecule has 3 aromatic heterocycles. The van der Waals surface area contributed by atoms with E-state index in [4.69, 9.17) is 10.5 Å². The van der Waals surface area contributed by atoms with Crippen LogP contribution in [0.2, 0.25) is 0 Å². The Balaban J connectivity index is 1.88. The van der Waals surface area contributed by atoms with Crippen LogP contribution in [0.3, 0.4) is 0 Å².